The van der Waals surface area contributed by atoms with Crippen LogP contribution >= 0.6 is 24.8 Å². The molecular formula is C17H32Cl2N4O. The molecule has 1 rings (SSSR count). The van der Waals surface area contributed by atoms with Crippen LogP contribution in [0.2, 0.25) is 0 Å². The minimum atomic E-state index is -0.330. The van der Waals surface area contributed by atoms with Crippen molar-refractivity contribution in [1.29, 1.82) is 0 Å². The number of nitrogens with two attached hydrogens (primary N) is 1. The highest BCUT2D eigenvalue weighted by atomic mass is 35.5. The fourth-order valence-electron chi connectivity index (χ4n) is 2.27. The number of carbonyl (C=O) groups is 1. The summed E-state index contributed by atoms with van der Waals surface area (Å²) in [5.41, 5.74) is 6.45. The van der Waals surface area contributed by atoms with Crippen LogP contribution in [0.3, 0.4) is 0 Å². The van der Waals surface area contributed by atoms with Crippen molar-refractivity contribution < 1.29 is 4.79 Å². The zero-order chi connectivity index (χ0) is 16.6. The Labute approximate surface area is 158 Å². The molecule has 0 saturated heterocycles. The van der Waals surface area contributed by atoms with E-state index in [1.165, 1.54) is 0 Å². The molecule has 3 N–H and O–H groups in total. The number of carbonyl (C=O) groups excluding carboxylic acids is 1. The summed E-state index contributed by atoms with van der Waals surface area (Å²) in [6, 6.07) is 3.73. The van der Waals surface area contributed by atoms with Crippen LogP contribution in [0.1, 0.15) is 57.3 Å². The van der Waals surface area contributed by atoms with Crippen molar-refractivity contribution in [2.45, 2.75) is 52.5 Å². The van der Waals surface area contributed by atoms with E-state index < -0.39 is 0 Å². The smallest absolute Gasteiger partial charge is 0.252 e. The van der Waals surface area contributed by atoms with Crippen LogP contribution in [0.15, 0.2) is 18.3 Å². The second-order valence-corrected chi connectivity index (χ2v) is 5.74. The number of nitrogens with zero attached hydrogens (tertiary/aromatic N) is 2. The molecule has 1 aromatic rings. The Morgan fingerprint density at radius 1 is 1.21 bits per heavy atom. The number of anilines is 1. The Hall–Kier alpha value is -1.04. The minimum absolute atomic E-state index is 0. The number of hydrogen-bond donors (Lipinski definition) is 2. The summed E-state index contributed by atoms with van der Waals surface area (Å²) >= 11 is 0. The SMILES string of the molecule is CCCN(CC)c1ccc(C(=O)NCC(N)(CC)CC)cn1.Cl.Cl. The molecular weight excluding hydrogens is 347 g/mol. The van der Waals surface area contributed by atoms with Gasteiger partial charge in [-0.05, 0) is 38.3 Å². The van der Waals surface area contributed by atoms with Crippen LogP contribution in [0.5, 0.6) is 0 Å². The van der Waals surface area contributed by atoms with E-state index in [1.54, 1.807) is 6.20 Å². The molecule has 7 heteroatoms. The van der Waals surface area contributed by atoms with Crippen LogP contribution in [0, 0.1) is 0 Å². The summed E-state index contributed by atoms with van der Waals surface area (Å²) < 4.78 is 0. The quantitative estimate of drug-likeness (QED) is 0.690. The number of hydrogen-bond acceptors (Lipinski definition) is 4. The fraction of sp³-hybridized carbons (Fsp3) is 0.647. The zero-order valence-electron chi connectivity index (χ0n) is 15.2. The number of rotatable bonds is 9. The summed E-state index contributed by atoms with van der Waals surface area (Å²) in [5, 5.41) is 2.91. The molecule has 1 heterocycles. The summed E-state index contributed by atoms with van der Waals surface area (Å²) in [4.78, 5) is 18.8. The lowest BCUT2D eigenvalue weighted by atomic mass is 9.94. The third kappa shape index (κ3) is 7.24. The van der Waals surface area contributed by atoms with Crippen molar-refractivity contribution in [3.63, 3.8) is 0 Å². The third-order valence-electron chi connectivity index (χ3n) is 4.22. The molecule has 0 aromatic carbocycles. The van der Waals surface area contributed by atoms with Gasteiger partial charge in [0.05, 0.1) is 5.56 Å². The lowest BCUT2D eigenvalue weighted by Crippen LogP contribution is -2.49. The third-order valence-corrected chi connectivity index (χ3v) is 4.22. The van der Waals surface area contributed by atoms with Crippen molar-refractivity contribution in [3.8, 4) is 0 Å². The van der Waals surface area contributed by atoms with E-state index in [9.17, 15) is 4.79 Å². The van der Waals surface area contributed by atoms with Crippen LogP contribution in [0.25, 0.3) is 0 Å². The second-order valence-electron chi connectivity index (χ2n) is 5.74. The minimum Gasteiger partial charge on any atom is -0.357 e. The lowest BCUT2D eigenvalue weighted by molar-refractivity contribution is 0.0942. The summed E-state index contributed by atoms with van der Waals surface area (Å²) in [6.07, 6.45) is 4.39. The molecule has 0 fully saturated rings. The first kappa shape index (κ1) is 25.2. The molecule has 140 valence electrons. The molecule has 1 aromatic heterocycles. The normalized spacial score (nSPS) is 10.4. The van der Waals surface area contributed by atoms with Crippen LogP contribution in [-0.2, 0) is 0 Å². The number of nitrogens with one attached hydrogen (secondary N) is 1. The van der Waals surface area contributed by atoms with Gasteiger partial charge in [0.25, 0.3) is 5.91 Å². The Morgan fingerprint density at radius 2 is 1.83 bits per heavy atom. The van der Waals surface area contributed by atoms with E-state index in [4.69, 9.17) is 5.73 Å². The van der Waals surface area contributed by atoms with Crippen LogP contribution < -0.4 is 16.0 Å². The standard InChI is InChI=1S/C17H30N4O.2ClH/c1-5-11-21(8-4)15-10-9-14(12-19-15)16(22)20-13-17(18,6-2)7-3;;/h9-10,12H,5-8,11,13,18H2,1-4H3,(H,20,22);2*1H. The van der Waals surface area contributed by atoms with E-state index in [0.717, 1.165) is 38.2 Å². The van der Waals surface area contributed by atoms with Gasteiger partial charge >= 0.3 is 0 Å². The first-order valence-corrected chi connectivity index (χ1v) is 8.27. The molecule has 1 amide bonds. The fourth-order valence-corrected chi connectivity index (χ4v) is 2.27. The molecule has 0 bridgehead atoms. The lowest BCUT2D eigenvalue weighted by Gasteiger charge is -2.26. The highest BCUT2D eigenvalue weighted by Crippen LogP contribution is 2.13. The molecule has 5 nitrogen and oxygen atoms in total. The van der Waals surface area contributed by atoms with Crippen molar-refractivity contribution in [2.24, 2.45) is 5.73 Å². The topological polar surface area (TPSA) is 71.2 Å². The van der Waals surface area contributed by atoms with Gasteiger partial charge in [-0.3, -0.25) is 4.79 Å². The maximum atomic E-state index is 12.2. The van der Waals surface area contributed by atoms with Gasteiger partial charge < -0.3 is 16.0 Å². The van der Waals surface area contributed by atoms with Crippen molar-refractivity contribution in [2.75, 3.05) is 24.5 Å². The maximum Gasteiger partial charge on any atom is 0.252 e. The predicted molar refractivity (Wildman–Crippen MR) is 107 cm³/mol. The summed E-state index contributed by atoms with van der Waals surface area (Å²) in [6.45, 7) is 10.7. The van der Waals surface area contributed by atoms with Gasteiger partial charge in [0, 0.05) is 31.4 Å². The van der Waals surface area contributed by atoms with E-state index in [0.29, 0.717) is 12.1 Å². The summed E-state index contributed by atoms with van der Waals surface area (Å²) in [7, 11) is 0. The van der Waals surface area contributed by atoms with Crippen molar-refractivity contribution >= 4 is 36.5 Å². The van der Waals surface area contributed by atoms with Gasteiger partial charge in [-0.15, -0.1) is 24.8 Å². The highest BCUT2D eigenvalue weighted by molar-refractivity contribution is 5.94. The molecule has 0 aliphatic carbocycles. The molecule has 0 saturated carbocycles. The van der Waals surface area contributed by atoms with E-state index in [2.05, 4.69) is 29.0 Å². The maximum absolute atomic E-state index is 12.2. The predicted octanol–water partition coefficient (Wildman–Crippen LogP) is 3.41. The van der Waals surface area contributed by atoms with E-state index >= 15 is 0 Å². The van der Waals surface area contributed by atoms with Gasteiger partial charge in [0.1, 0.15) is 5.82 Å². The molecule has 0 atom stereocenters. The number of amides is 1. The molecule has 0 aliphatic heterocycles. The average molecular weight is 379 g/mol. The zero-order valence-corrected chi connectivity index (χ0v) is 16.8. The van der Waals surface area contributed by atoms with Gasteiger partial charge in [-0.2, -0.15) is 0 Å². The monoisotopic (exact) mass is 378 g/mol. The largest absolute Gasteiger partial charge is 0.357 e. The first-order chi connectivity index (χ1) is 10.5. The average Bonchev–Trinajstić information content (AvgIpc) is 2.57. The molecule has 0 radical (unpaired) electrons. The van der Waals surface area contributed by atoms with Crippen LogP contribution in [-0.4, -0.2) is 36.1 Å². The van der Waals surface area contributed by atoms with Gasteiger partial charge in [0.2, 0.25) is 0 Å². The number of halogens is 2. The van der Waals surface area contributed by atoms with Gasteiger partial charge in [0.15, 0.2) is 0 Å². The van der Waals surface area contributed by atoms with Crippen molar-refractivity contribution in [3.05, 3.63) is 23.9 Å². The number of aromatic nitrogens is 1. The van der Waals surface area contributed by atoms with E-state index in [1.807, 2.05) is 26.0 Å². The summed E-state index contributed by atoms with van der Waals surface area (Å²) in [5.74, 6) is 0.797. The molecule has 0 aliphatic rings. The Kier molecular flexibility index (Phi) is 13.0. The van der Waals surface area contributed by atoms with E-state index in [-0.39, 0.29) is 36.3 Å². The Morgan fingerprint density at radius 3 is 2.25 bits per heavy atom. The highest BCUT2D eigenvalue weighted by Gasteiger charge is 2.21. The first-order valence-electron chi connectivity index (χ1n) is 8.27. The van der Waals surface area contributed by atoms with Crippen LogP contribution in [0.4, 0.5) is 5.82 Å². The van der Waals surface area contributed by atoms with Gasteiger partial charge in [-0.25, -0.2) is 4.98 Å². The van der Waals surface area contributed by atoms with Crippen molar-refractivity contribution in [1.82, 2.24) is 10.3 Å². The molecule has 24 heavy (non-hydrogen) atoms. The Bertz CT molecular complexity index is 464. The Balaban J connectivity index is 0. The second kappa shape index (κ2) is 12.3. The molecule has 0 unspecified atom stereocenters. The molecule has 0 spiro atoms. The number of pyridine rings is 1. The van der Waals surface area contributed by atoms with Gasteiger partial charge in [-0.1, -0.05) is 20.8 Å².